The van der Waals surface area contributed by atoms with Crippen molar-refractivity contribution in [2.45, 2.75) is 13.0 Å². The fourth-order valence-electron chi connectivity index (χ4n) is 2.91. The first-order valence-corrected chi connectivity index (χ1v) is 9.57. The smallest absolute Gasteiger partial charge is 0.232 e. The first-order chi connectivity index (χ1) is 11.0. The number of para-hydroxylation sites is 1. The van der Waals surface area contributed by atoms with Gasteiger partial charge in [-0.05, 0) is 23.8 Å². The summed E-state index contributed by atoms with van der Waals surface area (Å²) >= 11 is 0. The molecule has 2 aromatic rings. The summed E-state index contributed by atoms with van der Waals surface area (Å²) in [5.41, 5.74) is 2.91. The Labute approximate surface area is 137 Å². The molecule has 0 unspecified atom stereocenters. The number of sulfonamides is 1. The highest BCUT2D eigenvalue weighted by atomic mass is 32.2. The predicted octanol–water partition coefficient (Wildman–Crippen LogP) is 1.91. The summed E-state index contributed by atoms with van der Waals surface area (Å²) in [6.45, 7) is 2.82. The molecule has 0 bridgehead atoms. The number of benzene rings is 1. The molecule has 0 radical (unpaired) electrons. The van der Waals surface area contributed by atoms with E-state index < -0.39 is 10.0 Å². The molecule has 2 heterocycles. The van der Waals surface area contributed by atoms with Crippen LogP contribution in [0, 0.1) is 0 Å². The molecule has 0 fully saturated rings. The van der Waals surface area contributed by atoms with Crippen LogP contribution in [0.25, 0.3) is 0 Å². The number of rotatable bonds is 4. The lowest BCUT2D eigenvalue weighted by Gasteiger charge is -2.22. The summed E-state index contributed by atoms with van der Waals surface area (Å²) in [6, 6.07) is 13.7. The molecular formula is C17H21N3O2S. The molecule has 0 amide bonds. The van der Waals surface area contributed by atoms with E-state index in [1.54, 1.807) is 6.20 Å². The summed E-state index contributed by atoms with van der Waals surface area (Å²) < 4.78 is 25.7. The SMILES string of the molecule is CS(=O)(=O)N1CCN(CCc2ccccn2)Cc2ccccc21. The topological polar surface area (TPSA) is 53.5 Å². The average Bonchev–Trinajstić information content (AvgIpc) is 2.72. The van der Waals surface area contributed by atoms with Crippen LogP contribution < -0.4 is 4.31 Å². The second-order valence-electron chi connectivity index (χ2n) is 5.81. The molecule has 5 nitrogen and oxygen atoms in total. The van der Waals surface area contributed by atoms with Crippen molar-refractivity contribution in [3.05, 3.63) is 59.9 Å². The standard InChI is InChI=1S/C17H21N3O2S/c1-23(21,22)20-13-12-19(11-9-16-7-4-5-10-18-16)14-15-6-2-3-8-17(15)20/h2-8,10H,9,11-14H2,1H3. The van der Waals surface area contributed by atoms with Crippen LogP contribution in [-0.4, -0.2) is 44.2 Å². The lowest BCUT2D eigenvalue weighted by molar-refractivity contribution is 0.281. The van der Waals surface area contributed by atoms with Gasteiger partial charge in [-0.15, -0.1) is 0 Å². The predicted molar refractivity (Wildman–Crippen MR) is 91.8 cm³/mol. The van der Waals surface area contributed by atoms with Gasteiger partial charge in [-0.25, -0.2) is 8.42 Å². The molecule has 0 aliphatic carbocycles. The van der Waals surface area contributed by atoms with Crippen LogP contribution in [-0.2, 0) is 23.0 Å². The number of aromatic nitrogens is 1. The molecule has 6 heteroatoms. The van der Waals surface area contributed by atoms with E-state index in [4.69, 9.17) is 0 Å². The normalized spacial score (nSPS) is 16.0. The van der Waals surface area contributed by atoms with Gasteiger partial charge in [-0.2, -0.15) is 0 Å². The molecule has 1 aromatic carbocycles. The van der Waals surface area contributed by atoms with Crippen molar-refractivity contribution < 1.29 is 8.42 Å². The number of hydrogen-bond donors (Lipinski definition) is 0. The molecule has 0 N–H and O–H groups in total. The van der Waals surface area contributed by atoms with E-state index in [2.05, 4.69) is 9.88 Å². The van der Waals surface area contributed by atoms with Crippen LogP contribution in [0.5, 0.6) is 0 Å². The molecule has 1 aliphatic heterocycles. The zero-order valence-electron chi connectivity index (χ0n) is 13.2. The van der Waals surface area contributed by atoms with Gasteiger partial charge >= 0.3 is 0 Å². The Bertz CT molecular complexity index is 762. The van der Waals surface area contributed by atoms with Crippen molar-refractivity contribution in [3.63, 3.8) is 0 Å². The number of pyridine rings is 1. The third-order valence-electron chi connectivity index (χ3n) is 4.08. The van der Waals surface area contributed by atoms with Gasteiger partial charge in [-0.1, -0.05) is 24.3 Å². The van der Waals surface area contributed by atoms with Crippen LogP contribution >= 0.6 is 0 Å². The lowest BCUT2D eigenvalue weighted by atomic mass is 10.1. The van der Waals surface area contributed by atoms with Gasteiger partial charge in [0.2, 0.25) is 10.0 Å². The number of nitrogens with zero attached hydrogens (tertiary/aromatic N) is 3. The Kier molecular flexibility index (Phi) is 4.63. The van der Waals surface area contributed by atoms with Crippen LogP contribution in [0.4, 0.5) is 5.69 Å². The number of fused-ring (bicyclic) bond motifs is 1. The van der Waals surface area contributed by atoms with Crippen molar-refractivity contribution in [1.82, 2.24) is 9.88 Å². The zero-order valence-corrected chi connectivity index (χ0v) is 14.0. The van der Waals surface area contributed by atoms with Gasteiger partial charge in [-0.3, -0.25) is 14.2 Å². The summed E-state index contributed by atoms with van der Waals surface area (Å²) in [5, 5.41) is 0. The monoisotopic (exact) mass is 331 g/mol. The van der Waals surface area contributed by atoms with Gasteiger partial charge in [0.05, 0.1) is 11.9 Å². The van der Waals surface area contributed by atoms with Crippen molar-refractivity contribution >= 4 is 15.7 Å². The van der Waals surface area contributed by atoms with Crippen LogP contribution in [0.3, 0.4) is 0 Å². The van der Waals surface area contributed by atoms with Crippen molar-refractivity contribution in [2.24, 2.45) is 0 Å². The first-order valence-electron chi connectivity index (χ1n) is 7.72. The maximum absolute atomic E-state index is 12.1. The van der Waals surface area contributed by atoms with E-state index >= 15 is 0 Å². The first kappa shape index (κ1) is 16.0. The fourth-order valence-corrected chi connectivity index (χ4v) is 3.86. The highest BCUT2D eigenvalue weighted by Crippen LogP contribution is 2.26. The molecule has 1 aliphatic rings. The molecule has 0 atom stereocenters. The maximum atomic E-state index is 12.1. The summed E-state index contributed by atoms with van der Waals surface area (Å²) in [6.07, 6.45) is 3.94. The van der Waals surface area contributed by atoms with Gasteiger partial charge in [0.15, 0.2) is 0 Å². The molecule has 3 rings (SSSR count). The van der Waals surface area contributed by atoms with Crippen molar-refractivity contribution in [3.8, 4) is 0 Å². The largest absolute Gasteiger partial charge is 0.297 e. The molecule has 0 saturated heterocycles. The van der Waals surface area contributed by atoms with E-state index in [0.29, 0.717) is 13.1 Å². The second kappa shape index (κ2) is 6.68. The van der Waals surface area contributed by atoms with Crippen LogP contribution in [0.15, 0.2) is 48.7 Å². The Hall–Kier alpha value is -1.92. The summed E-state index contributed by atoms with van der Waals surface area (Å²) in [7, 11) is -3.26. The average molecular weight is 331 g/mol. The van der Waals surface area contributed by atoms with Crippen molar-refractivity contribution in [2.75, 3.05) is 30.2 Å². The highest BCUT2D eigenvalue weighted by molar-refractivity contribution is 7.92. The van der Waals surface area contributed by atoms with Gasteiger partial charge in [0, 0.05) is 44.5 Å². The quantitative estimate of drug-likeness (QED) is 0.859. The minimum absolute atomic E-state index is 0.484. The molecule has 1 aromatic heterocycles. The third-order valence-corrected chi connectivity index (χ3v) is 5.26. The Balaban J connectivity index is 1.77. The number of hydrogen-bond acceptors (Lipinski definition) is 4. The van der Waals surface area contributed by atoms with Crippen LogP contribution in [0.1, 0.15) is 11.3 Å². The van der Waals surface area contributed by atoms with Crippen LogP contribution in [0.2, 0.25) is 0 Å². The molecular weight excluding hydrogens is 310 g/mol. The second-order valence-corrected chi connectivity index (χ2v) is 7.72. The van der Waals surface area contributed by atoms with Gasteiger partial charge in [0.25, 0.3) is 0 Å². The maximum Gasteiger partial charge on any atom is 0.232 e. The molecule has 23 heavy (non-hydrogen) atoms. The van der Waals surface area contributed by atoms with E-state index in [-0.39, 0.29) is 0 Å². The van der Waals surface area contributed by atoms with Gasteiger partial charge in [0.1, 0.15) is 0 Å². The number of anilines is 1. The molecule has 122 valence electrons. The Morgan fingerprint density at radius 2 is 1.87 bits per heavy atom. The van der Waals surface area contributed by atoms with Crippen molar-refractivity contribution in [1.29, 1.82) is 0 Å². The Morgan fingerprint density at radius 3 is 2.61 bits per heavy atom. The van der Waals surface area contributed by atoms with Gasteiger partial charge < -0.3 is 0 Å². The molecule has 0 saturated carbocycles. The van der Waals surface area contributed by atoms with E-state index in [1.165, 1.54) is 10.6 Å². The lowest BCUT2D eigenvalue weighted by Crippen LogP contribution is -2.35. The summed E-state index contributed by atoms with van der Waals surface area (Å²) in [4.78, 5) is 6.64. The minimum atomic E-state index is -3.26. The minimum Gasteiger partial charge on any atom is -0.297 e. The zero-order chi connectivity index (χ0) is 16.3. The fraction of sp³-hybridized carbons (Fsp3) is 0.353. The van der Waals surface area contributed by atoms with E-state index in [0.717, 1.165) is 36.5 Å². The highest BCUT2D eigenvalue weighted by Gasteiger charge is 2.24. The Morgan fingerprint density at radius 1 is 1.09 bits per heavy atom. The van der Waals surface area contributed by atoms with E-state index in [1.807, 2.05) is 42.5 Å². The van der Waals surface area contributed by atoms with E-state index in [9.17, 15) is 8.42 Å². The third kappa shape index (κ3) is 3.89. The summed E-state index contributed by atoms with van der Waals surface area (Å²) in [5.74, 6) is 0. The molecule has 0 spiro atoms.